The SMILES string of the molecule is CC(C)(C)c1ccc(OC(COS(=O)O)c2ccccc2)cc1. The Morgan fingerprint density at radius 1 is 1.04 bits per heavy atom. The molecule has 0 spiro atoms. The normalized spacial score (nSPS) is 14.3. The molecule has 0 aliphatic rings. The van der Waals surface area contributed by atoms with E-state index in [1.165, 1.54) is 5.56 Å². The van der Waals surface area contributed by atoms with Crippen LogP contribution in [0.25, 0.3) is 0 Å². The molecule has 0 amide bonds. The molecular formula is C18H22O4S. The smallest absolute Gasteiger partial charge is 0.302 e. The van der Waals surface area contributed by atoms with Crippen LogP contribution in [0.3, 0.4) is 0 Å². The van der Waals surface area contributed by atoms with E-state index in [0.717, 1.165) is 5.56 Å². The first-order chi connectivity index (χ1) is 10.9. The molecule has 0 heterocycles. The summed E-state index contributed by atoms with van der Waals surface area (Å²) in [5.41, 5.74) is 2.18. The quantitative estimate of drug-likeness (QED) is 0.802. The third-order valence-corrected chi connectivity index (χ3v) is 3.83. The van der Waals surface area contributed by atoms with Crippen LogP contribution < -0.4 is 4.74 Å². The van der Waals surface area contributed by atoms with Crippen LogP contribution in [0.4, 0.5) is 0 Å². The number of benzene rings is 2. The van der Waals surface area contributed by atoms with Crippen molar-refractivity contribution in [2.45, 2.75) is 32.3 Å². The maximum Gasteiger partial charge on any atom is 0.302 e. The van der Waals surface area contributed by atoms with Crippen LogP contribution in [0.2, 0.25) is 0 Å². The zero-order valence-electron chi connectivity index (χ0n) is 13.6. The second-order valence-corrected chi connectivity index (χ2v) is 6.96. The lowest BCUT2D eigenvalue weighted by atomic mass is 9.87. The van der Waals surface area contributed by atoms with Crippen molar-refractivity contribution in [3.05, 3.63) is 65.7 Å². The summed E-state index contributed by atoms with van der Waals surface area (Å²) in [5, 5.41) is 0. The van der Waals surface area contributed by atoms with Crippen LogP contribution >= 0.6 is 0 Å². The van der Waals surface area contributed by atoms with Gasteiger partial charge in [0.15, 0.2) is 0 Å². The highest BCUT2D eigenvalue weighted by Crippen LogP contribution is 2.27. The topological polar surface area (TPSA) is 55.8 Å². The standard InChI is InChI=1S/C18H22O4S/c1-18(2,3)15-9-11-16(12-10-15)22-17(13-21-23(19)20)14-7-5-4-6-8-14/h4-12,17H,13H2,1-3H3,(H,19,20). The summed E-state index contributed by atoms with van der Waals surface area (Å²) in [4.78, 5) is 0. The molecule has 0 fully saturated rings. The zero-order chi connectivity index (χ0) is 16.9. The van der Waals surface area contributed by atoms with Gasteiger partial charge >= 0.3 is 11.4 Å². The molecule has 23 heavy (non-hydrogen) atoms. The van der Waals surface area contributed by atoms with Gasteiger partial charge in [-0.25, -0.2) is 0 Å². The average molecular weight is 334 g/mol. The van der Waals surface area contributed by atoms with Crippen molar-refractivity contribution in [3.63, 3.8) is 0 Å². The molecule has 0 saturated heterocycles. The summed E-state index contributed by atoms with van der Waals surface area (Å²) >= 11 is -2.31. The van der Waals surface area contributed by atoms with Gasteiger partial charge in [-0.15, -0.1) is 0 Å². The Morgan fingerprint density at radius 2 is 1.65 bits per heavy atom. The molecule has 2 aromatic carbocycles. The van der Waals surface area contributed by atoms with E-state index in [0.29, 0.717) is 5.75 Å². The molecule has 2 atom stereocenters. The minimum atomic E-state index is -2.31. The Morgan fingerprint density at radius 3 is 2.17 bits per heavy atom. The van der Waals surface area contributed by atoms with Crippen LogP contribution in [0.15, 0.2) is 54.6 Å². The largest absolute Gasteiger partial charge is 0.483 e. The van der Waals surface area contributed by atoms with Crippen molar-refractivity contribution in [2.24, 2.45) is 0 Å². The Balaban J connectivity index is 2.15. The predicted octanol–water partition coefficient (Wildman–Crippen LogP) is 4.26. The Kier molecular flexibility index (Phi) is 5.93. The van der Waals surface area contributed by atoms with Crippen molar-refractivity contribution in [2.75, 3.05) is 6.61 Å². The second kappa shape index (κ2) is 7.73. The minimum absolute atomic E-state index is 0.00581. The van der Waals surface area contributed by atoms with Crippen molar-refractivity contribution in [1.29, 1.82) is 0 Å². The van der Waals surface area contributed by atoms with Crippen molar-refractivity contribution >= 4 is 11.4 Å². The van der Waals surface area contributed by atoms with E-state index >= 15 is 0 Å². The predicted molar refractivity (Wildman–Crippen MR) is 91.7 cm³/mol. The van der Waals surface area contributed by atoms with E-state index < -0.39 is 17.5 Å². The molecule has 0 radical (unpaired) electrons. The fraction of sp³-hybridized carbons (Fsp3) is 0.333. The molecule has 2 unspecified atom stereocenters. The van der Waals surface area contributed by atoms with Crippen LogP contribution in [0, 0.1) is 0 Å². The van der Waals surface area contributed by atoms with Crippen LogP contribution in [0.5, 0.6) is 5.75 Å². The molecule has 124 valence electrons. The highest BCUT2D eigenvalue weighted by Gasteiger charge is 2.17. The molecule has 0 bridgehead atoms. The van der Waals surface area contributed by atoms with Gasteiger partial charge < -0.3 is 4.74 Å². The van der Waals surface area contributed by atoms with Crippen molar-refractivity contribution in [3.8, 4) is 5.75 Å². The Labute approximate surface area is 139 Å². The maximum absolute atomic E-state index is 10.8. The number of hydrogen-bond acceptors (Lipinski definition) is 3. The highest BCUT2D eigenvalue weighted by atomic mass is 32.2. The summed E-state index contributed by atoms with van der Waals surface area (Å²) in [7, 11) is 0. The molecule has 5 heteroatoms. The van der Waals surface area contributed by atoms with Gasteiger partial charge in [-0.2, -0.15) is 4.21 Å². The monoisotopic (exact) mass is 334 g/mol. The lowest BCUT2D eigenvalue weighted by Gasteiger charge is -2.21. The fourth-order valence-corrected chi connectivity index (χ4v) is 2.42. The van der Waals surface area contributed by atoms with Gasteiger partial charge in [0.2, 0.25) is 0 Å². The summed E-state index contributed by atoms with van der Waals surface area (Å²) in [6, 6.07) is 17.4. The number of ether oxygens (including phenoxy) is 1. The van der Waals surface area contributed by atoms with Gasteiger partial charge in [0.1, 0.15) is 18.5 Å². The van der Waals surface area contributed by atoms with E-state index in [2.05, 4.69) is 20.8 Å². The van der Waals surface area contributed by atoms with E-state index in [1.54, 1.807) is 0 Å². The van der Waals surface area contributed by atoms with Crippen LogP contribution in [-0.4, -0.2) is 15.4 Å². The lowest BCUT2D eigenvalue weighted by Crippen LogP contribution is -2.16. The van der Waals surface area contributed by atoms with Crippen LogP contribution in [0.1, 0.15) is 38.0 Å². The molecule has 2 rings (SSSR count). The molecule has 0 aliphatic heterocycles. The van der Waals surface area contributed by atoms with Gasteiger partial charge in [0.25, 0.3) is 0 Å². The van der Waals surface area contributed by atoms with Crippen molar-refractivity contribution < 1.29 is 17.7 Å². The van der Waals surface area contributed by atoms with Gasteiger partial charge in [-0.05, 0) is 28.7 Å². The summed E-state index contributed by atoms with van der Waals surface area (Å²) in [6.07, 6.45) is -0.451. The molecule has 4 nitrogen and oxygen atoms in total. The van der Waals surface area contributed by atoms with Gasteiger partial charge in [0, 0.05) is 0 Å². The first-order valence-corrected chi connectivity index (χ1v) is 8.46. The maximum atomic E-state index is 10.8. The van der Waals surface area contributed by atoms with E-state index in [-0.39, 0.29) is 12.0 Å². The molecule has 0 aromatic heterocycles. The highest BCUT2D eigenvalue weighted by molar-refractivity contribution is 7.74. The molecule has 0 aliphatic carbocycles. The average Bonchev–Trinajstić information content (AvgIpc) is 2.51. The fourth-order valence-electron chi connectivity index (χ4n) is 2.18. The summed E-state index contributed by atoms with van der Waals surface area (Å²) in [5.74, 6) is 0.694. The molecule has 0 saturated carbocycles. The second-order valence-electron chi connectivity index (χ2n) is 6.29. The minimum Gasteiger partial charge on any atom is -0.483 e. The van der Waals surface area contributed by atoms with Gasteiger partial charge in [0.05, 0.1) is 0 Å². The van der Waals surface area contributed by atoms with E-state index in [1.807, 2.05) is 54.6 Å². The molecule has 1 N–H and O–H groups in total. The first-order valence-electron chi connectivity index (χ1n) is 7.42. The molecular weight excluding hydrogens is 312 g/mol. The van der Waals surface area contributed by atoms with Crippen molar-refractivity contribution in [1.82, 2.24) is 0 Å². The summed E-state index contributed by atoms with van der Waals surface area (Å²) in [6.45, 7) is 6.45. The number of hydrogen-bond donors (Lipinski definition) is 1. The third-order valence-electron chi connectivity index (χ3n) is 3.49. The summed E-state index contributed by atoms with van der Waals surface area (Å²) < 4.78 is 30.4. The zero-order valence-corrected chi connectivity index (χ0v) is 14.4. The van der Waals surface area contributed by atoms with Gasteiger partial charge in [-0.1, -0.05) is 63.2 Å². The van der Waals surface area contributed by atoms with E-state index in [9.17, 15) is 4.21 Å². The Hall–Kier alpha value is -1.69. The lowest BCUT2D eigenvalue weighted by molar-refractivity contribution is 0.131. The van der Waals surface area contributed by atoms with Crippen LogP contribution in [-0.2, 0) is 21.0 Å². The first kappa shape index (κ1) is 17.7. The third kappa shape index (κ3) is 5.46. The molecule has 2 aromatic rings. The number of rotatable bonds is 6. The van der Waals surface area contributed by atoms with E-state index in [4.69, 9.17) is 13.5 Å². The van der Waals surface area contributed by atoms with Gasteiger partial charge in [-0.3, -0.25) is 8.74 Å². The Bertz CT molecular complexity index is 632.